The third-order valence-electron chi connectivity index (χ3n) is 5.16. The van der Waals surface area contributed by atoms with Gasteiger partial charge in [-0.25, -0.2) is 9.59 Å². The highest BCUT2D eigenvalue weighted by molar-refractivity contribution is 5.87. The number of nitrogens with one attached hydrogen (secondary N) is 3. The Morgan fingerprint density at radius 3 is 2.53 bits per heavy atom. The van der Waals surface area contributed by atoms with Gasteiger partial charge in [0, 0.05) is 50.1 Å². The number of esters is 1. The summed E-state index contributed by atoms with van der Waals surface area (Å²) in [5.41, 5.74) is 2.88. The van der Waals surface area contributed by atoms with E-state index in [1.807, 2.05) is 60.8 Å². The lowest BCUT2D eigenvalue weighted by Crippen LogP contribution is -2.44. The van der Waals surface area contributed by atoms with E-state index in [0.717, 1.165) is 22.0 Å². The molecule has 0 aliphatic heterocycles. The van der Waals surface area contributed by atoms with Gasteiger partial charge in [-0.3, -0.25) is 4.79 Å². The van der Waals surface area contributed by atoms with E-state index in [4.69, 9.17) is 4.74 Å². The molecule has 1 aromatic heterocycles. The summed E-state index contributed by atoms with van der Waals surface area (Å²) < 4.78 is 4.86. The second kappa shape index (κ2) is 11.0. The lowest BCUT2D eigenvalue weighted by molar-refractivity contribution is -0.145. The minimum absolute atomic E-state index is 0.0479. The summed E-state index contributed by atoms with van der Waals surface area (Å²) in [4.78, 5) is 41.6. The van der Waals surface area contributed by atoms with E-state index < -0.39 is 12.0 Å². The number of carbonyl (C=O) groups excluding carboxylic acids is 3. The summed E-state index contributed by atoms with van der Waals surface area (Å²) in [6, 6.07) is 16.3. The maximum absolute atomic E-state index is 12.4. The molecule has 2 aromatic carbocycles. The first-order valence-corrected chi connectivity index (χ1v) is 10.4. The van der Waals surface area contributed by atoms with Gasteiger partial charge in [-0.2, -0.15) is 0 Å². The fraction of sp³-hybridized carbons (Fsp3) is 0.292. The molecule has 32 heavy (non-hydrogen) atoms. The zero-order valence-corrected chi connectivity index (χ0v) is 18.3. The number of amides is 3. The maximum Gasteiger partial charge on any atom is 0.328 e. The Morgan fingerprint density at radius 1 is 1.06 bits per heavy atom. The zero-order chi connectivity index (χ0) is 22.9. The first-order chi connectivity index (χ1) is 15.5. The molecule has 0 fully saturated rings. The van der Waals surface area contributed by atoms with Crippen molar-refractivity contribution in [3.05, 3.63) is 71.9 Å². The Morgan fingerprint density at radius 2 is 1.78 bits per heavy atom. The minimum Gasteiger partial charge on any atom is -0.467 e. The maximum atomic E-state index is 12.4. The summed E-state index contributed by atoms with van der Waals surface area (Å²) >= 11 is 0. The third-order valence-corrected chi connectivity index (χ3v) is 5.16. The highest BCUT2D eigenvalue weighted by atomic mass is 16.5. The quantitative estimate of drug-likeness (QED) is 0.449. The van der Waals surface area contributed by atoms with E-state index in [1.165, 1.54) is 7.11 Å². The van der Waals surface area contributed by atoms with Crippen LogP contribution in [-0.4, -0.2) is 54.5 Å². The van der Waals surface area contributed by atoms with Crippen LogP contribution in [0.2, 0.25) is 0 Å². The standard InChI is InChI=1S/C24H28N4O4/c1-28(16-17-8-4-3-5-9-17)24(31)25-13-12-22(29)27-21(23(30)32-2)14-18-15-26-20-11-7-6-10-19(18)20/h3-11,15,21,26H,12-14,16H2,1-2H3,(H,25,31)(H,27,29)/t21-/m1/s1. The van der Waals surface area contributed by atoms with Crippen molar-refractivity contribution in [1.82, 2.24) is 20.5 Å². The smallest absolute Gasteiger partial charge is 0.328 e. The van der Waals surface area contributed by atoms with E-state index in [9.17, 15) is 14.4 Å². The van der Waals surface area contributed by atoms with E-state index in [1.54, 1.807) is 11.9 Å². The van der Waals surface area contributed by atoms with E-state index in [-0.39, 0.29) is 24.9 Å². The van der Waals surface area contributed by atoms with E-state index >= 15 is 0 Å². The van der Waals surface area contributed by atoms with Crippen LogP contribution >= 0.6 is 0 Å². The monoisotopic (exact) mass is 436 g/mol. The van der Waals surface area contributed by atoms with Gasteiger partial charge in [-0.15, -0.1) is 0 Å². The van der Waals surface area contributed by atoms with Gasteiger partial charge in [-0.05, 0) is 17.2 Å². The average molecular weight is 437 g/mol. The SMILES string of the molecule is COC(=O)[C@@H](Cc1c[nH]c2ccccc12)NC(=O)CCNC(=O)N(C)Cc1ccccc1. The van der Waals surface area contributed by atoms with Crippen molar-refractivity contribution in [3.8, 4) is 0 Å². The van der Waals surface area contributed by atoms with Crippen LogP contribution in [0.1, 0.15) is 17.5 Å². The summed E-state index contributed by atoms with van der Waals surface area (Å²) in [5.74, 6) is -0.860. The number of urea groups is 1. The lowest BCUT2D eigenvalue weighted by Gasteiger charge is -2.19. The number of aromatic amines is 1. The molecule has 3 N–H and O–H groups in total. The lowest BCUT2D eigenvalue weighted by atomic mass is 10.0. The zero-order valence-electron chi connectivity index (χ0n) is 18.3. The number of methoxy groups -OCH3 is 1. The topological polar surface area (TPSA) is 104 Å². The molecular weight excluding hydrogens is 408 g/mol. The molecule has 0 aliphatic carbocycles. The van der Waals surface area contributed by atoms with Crippen LogP contribution in [0, 0.1) is 0 Å². The Bertz CT molecular complexity index is 1060. The molecule has 3 aromatic rings. The number of para-hydroxylation sites is 1. The van der Waals surface area contributed by atoms with Crippen molar-refractivity contribution in [2.24, 2.45) is 0 Å². The van der Waals surface area contributed by atoms with E-state index in [2.05, 4.69) is 15.6 Å². The number of aromatic nitrogens is 1. The van der Waals surface area contributed by atoms with Crippen molar-refractivity contribution in [3.63, 3.8) is 0 Å². The van der Waals surface area contributed by atoms with Crippen molar-refractivity contribution in [1.29, 1.82) is 0 Å². The Hall–Kier alpha value is -3.81. The molecule has 0 bridgehead atoms. The third kappa shape index (κ3) is 6.10. The van der Waals surface area contributed by atoms with Gasteiger partial charge >= 0.3 is 12.0 Å². The molecule has 0 saturated heterocycles. The first-order valence-electron chi connectivity index (χ1n) is 10.4. The van der Waals surface area contributed by atoms with Crippen molar-refractivity contribution in [2.45, 2.75) is 25.4 Å². The molecule has 0 saturated carbocycles. The van der Waals surface area contributed by atoms with Crippen LogP contribution in [0.25, 0.3) is 10.9 Å². The number of hydrogen-bond donors (Lipinski definition) is 3. The summed E-state index contributed by atoms with van der Waals surface area (Å²) in [6.45, 7) is 0.624. The molecule has 0 unspecified atom stereocenters. The normalized spacial score (nSPS) is 11.6. The number of H-pyrrole nitrogens is 1. The molecule has 8 heteroatoms. The second-order valence-corrected chi connectivity index (χ2v) is 7.53. The molecule has 0 radical (unpaired) electrons. The molecule has 0 spiro atoms. The largest absolute Gasteiger partial charge is 0.467 e. The van der Waals surface area contributed by atoms with Crippen LogP contribution < -0.4 is 10.6 Å². The highest BCUT2D eigenvalue weighted by Crippen LogP contribution is 2.19. The number of benzene rings is 2. The fourth-order valence-electron chi connectivity index (χ4n) is 3.47. The van der Waals surface area contributed by atoms with Gasteiger partial charge in [0.05, 0.1) is 7.11 Å². The van der Waals surface area contributed by atoms with Crippen molar-refractivity contribution in [2.75, 3.05) is 20.7 Å². The number of carbonyl (C=O) groups is 3. The number of hydrogen-bond acceptors (Lipinski definition) is 4. The predicted octanol–water partition coefficient (Wildman–Crippen LogP) is 2.60. The van der Waals surface area contributed by atoms with Gasteiger partial charge in [0.1, 0.15) is 6.04 Å². The Balaban J connectivity index is 1.49. The minimum atomic E-state index is -0.817. The molecule has 1 atom stereocenters. The van der Waals surface area contributed by atoms with Crippen molar-refractivity contribution >= 4 is 28.8 Å². The fourth-order valence-corrected chi connectivity index (χ4v) is 3.47. The van der Waals surface area contributed by atoms with Crippen LogP contribution in [0.5, 0.6) is 0 Å². The predicted molar refractivity (Wildman–Crippen MR) is 122 cm³/mol. The second-order valence-electron chi connectivity index (χ2n) is 7.53. The molecule has 8 nitrogen and oxygen atoms in total. The summed E-state index contributed by atoms with van der Waals surface area (Å²) in [7, 11) is 2.98. The van der Waals surface area contributed by atoms with Gasteiger partial charge in [-0.1, -0.05) is 48.5 Å². The Labute approximate surface area is 186 Å². The number of nitrogens with zero attached hydrogens (tertiary/aromatic N) is 1. The van der Waals surface area contributed by atoms with Crippen LogP contribution in [0.15, 0.2) is 60.8 Å². The summed E-state index contributed by atoms with van der Waals surface area (Å²) in [6.07, 6.45) is 2.18. The molecule has 3 rings (SSSR count). The number of rotatable bonds is 9. The summed E-state index contributed by atoms with van der Waals surface area (Å²) in [5, 5.41) is 6.44. The molecule has 1 heterocycles. The molecule has 3 amide bonds. The Kier molecular flexibility index (Phi) is 7.85. The van der Waals surface area contributed by atoms with Crippen LogP contribution in [-0.2, 0) is 27.3 Å². The van der Waals surface area contributed by atoms with Crippen LogP contribution in [0.4, 0.5) is 4.79 Å². The number of fused-ring (bicyclic) bond motifs is 1. The average Bonchev–Trinajstić information content (AvgIpc) is 3.21. The molecule has 168 valence electrons. The van der Waals surface area contributed by atoms with E-state index in [0.29, 0.717) is 13.0 Å². The molecule has 0 aliphatic rings. The van der Waals surface area contributed by atoms with Gasteiger partial charge in [0.2, 0.25) is 5.91 Å². The van der Waals surface area contributed by atoms with Gasteiger partial charge < -0.3 is 25.3 Å². The van der Waals surface area contributed by atoms with Crippen LogP contribution in [0.3, 0.4) is 0 Å². The van der Waals surface area contributed by atoms with Crippen molar-refractivity contribution < 1.29 is 19.1 Å². The number of ether oxygens (including phenoxy) is 1. The van der Waals surface area contributed by atoms with Gasteiger partial charge in [0.25, 0.3) is 0 Å². The van der Waals surface area contributed by atoms with Gasteiger partial charge in [0.15, 0.2) is 0 Å². The first kappa shape index (κ1) is 22.9. The molecular formula is C24H28N4O4. The highest BCUT2D eigenvalue weighted by Gasteiger charge is 2.23.